The third-order valence-corrected chi connectivity index (χ3v) is 2.93. The highest BCUT2D eigenvalue weighted by atomic mass is 19.4. The summed E-state index contributed by atoms with van der Waals surface area (Å²) >= 11 is 0. The number of alkyl halides is 3. The molecule has 0 atom stereocenters. The maximum atomic E-state index is 13.5. The Balaban J connectivity index is 0.00000134. The topological polar surface area (TPSA) is 12.9 Å². The summed E-state index contributed by atoms with van der Waals surface area (Å²) < 4.78 is 64.6. The van der Waals surface area contributed by atoms with Gasteiger partial charge in [0.2, 0.25) is 0 Å². The molecule has 0 saturated heterocycles. The minimum atomic E-state index is -4.77. The van der Waals surface area contributed by atoms with Crippen molar-refractivity contribution in [2.75, 3.05) is 0 Å². The lowest BCUT2D eigenvalue weighted by Crippen LogP contribution is -2.12. The molecule has 0 N–H and O–H groups in total. The number of nitrogens with zero attached hydrogens (tertiary/aromatic N) is 1. The number of pyridine rings is 1. The first-order valence-corrected chi connectivity index (χ1v) is 7.89. The van der Waals surface area contributed by atoms with Crippen molar-refractivity contribution in [1.29, 1.82) is 0 Å². The maximum absolute atomic E-state index is 13.5. The molecule has 138 valence electrons. The van der Waals surface area contributed by atoms with Gasteiger partial charge < -0.3 is 0 Å². The molecule has 0 bridgehead atoms. The molecule has 6 heteroatoms. The van der Waals surface area contributed by atoms with Crippen LogP contribution in [-0.4, -0.2) is 11.2 Å². The fraction of sp³-hybridized carbons (Fsp3) is 0.316. The summed E-state index contributed by atoms with van der Waals surface area (Å²) in [6.07, 6.45) is -4.77. The summed E-state index contributed by atoms with van der Waals surface area (Å²) in [6.45, 7) is 12.3. The van der Waals surface area contributed by atoms with Crippen LogP contribution in [0.15, 0.2) is 36.9 Å². The van der Waals surface area contributed by atoms with Gasteiger partial charge in [0, 0.05) is 5.56 Å². The highest BCUT2D eigenvalue weighted by Gasteiger charge is 2.35. The van der Waals surface area contributed by atoms with Gasteiger partial charge in [-0.2, -0.15) is 13.2 Å². The molecule has 0 aliphatic rings. The SMILES string of the molecule is C=C(c1nc(-c2ccc(F)c(C)c2)ccc1F)C(F)(F)F.CC.CC. The van der Waals surface area contributed by atoms with Crippen molar-refractivity contribution in [3.05, 3.63) is 59.8 Å². The van der Waals surface area contributed by atoms with E-state index in [1.54, 1.807) is 0 Å². The quantitative estimate of drug-likeness (QED) is 0.528. The molecule has 1 nitrogen and oxygen atoms in total. The molecule has 0 amide bonds. The number of benzene rings is 1. The predicted molar refractivity (Wildman–Crippen MR) is 92.1 cm³/mol. The van der Waals surface area contributed by atoms with E-state index in [2.05, 4.69) is 11.6 Å². The van der Waals surface area contributed by atoms with Crippen molar-refractivity contribution in [2.45, 2.75) is 40.8 Å². The van der Waals surface area contributed by atoms with Gasteiger partial charge in [0.15, 0.2) is 0 Å². The van der Waals surface area contributed by atoms with Crippen LogP contribution >= 0.6 is 0 Å². The van der Waals surface area contributed by atoms with E-state index in [9.17, 15) is 22.0 Å². The van der Waals surface area contributed by atoms with E-state index < -0.39 is 29.1 Å². The lowest BCUT2D eigenvalue weighted by Gasteiger charge is -2.12. The first-order valence-electron chi connectivity index (χ1n) is 7.89. The highest BCUT2D eigenvalue weighted by Crippen LogP contribution is 2.33. The van der Waals surface area contributed by atoms with Gasteiger partial charge in [0.1, 0.15) is 17.3 Å². The van der Waals surface area contributed by atoms with Crippen LogP contribution in [0.3, 0.4) is 0 Å². The third kappa shape index (κ3) is 5.96. The first-order chi connectivity index (χ1) is 11.7. The van der Waals surface area contributed by atoms with Gasteiger partial charge >= 0.3 is 6.18 Å². The molecular formula is C19H22F5N. The Morgan fingerprint density at radius 1 is 0.920 bits per heavy atom. The largest absolute Gasteiger partial charge is 0.418 e. The second-order valence-electron chi connectivity index (χ2n) is 4.47. The van der Waals surface area contributed by atoms with Crippen molar-refractivity contribution in [1.82, 2.24) is 4.98 Å². The Kier molecular flexibility index (Phi) is 9.02. The third-order valence-electron chi connectivity index (χ3n) is 2.93. The predicted octanol–water partition coefficient (Wildman–Crippen LogP) is 6.96. The molecular weight excluding hydrogens is 337 g/mol. The summed E-state index contributed by atoms with van der Waals surface area (Å²) in [5, 5.41) is 0. The number of hydrogen-bond acceptors (Lipinski definition) is 1. The van der Waals surface area contributed by atoms with Gasteiger partial charge in [-0.1, -0.05) is 34.3 Å². The minimum Gasteiger partial charge on any atom is -0.245 e. The number of aryl methyl sites for hydroxylation is 1. The highest BCUT2D eigenvalue weighted by molar-refractivity contribution is 5.68. The lowest BCUT2D eigenvalue weighted by molar-refractivity contribution is -0.0691. The molecule has 2 aromatic rings. The second-order valence-corrected chi connectivity index (χ2v) is 4.47. The summed E-state index contributed by atoms with van der Waals surface area (Å²) in [7, 11) is 0. The van der Waals surface area contributed by atoms with Gasteiger partial charge in [-0.3, -0.25) is 0 Å². The Hall–Kier alpha value is -2.24. The average Bonchev–Trinajstić information content (AvgIpc) is 2.60. The monoisotopic (exact) mass is 359 g/mol. The Morgan fingerprint density at radius 3 is 1.92 bits per heavy atom. The van der Waals surface area contributed by atoms with Crippen LogP contribution in [0, 0.1) is 18.6 Å². The lowest BCUT2D eigenvalue weighted by atomic mass is 10.1. The van der Waals surface area contributed by atoms with E-state index in [-0.39, 0.29) is 5.69 Å². The zero-order valence-corrected chi connectivity index (χ0v) is 14.9. The molecule has 0 spiro atoms. The number of allylic oxidation sites excluding steroid dienone is 1. The van der Waals surface area contributed by atoms with Crippen LogP contribution in [-0.2, 0) is 0 Å². The van der Waals surface area contributed by atoms with Crippen molar-refractivity contribution in [2.24, 2.45) is 0 Å². The van der Waals surface area contributed by atoms with Gasteiger partial charge in [0.25, 0.3) is 0 Å². The van der Waals surface area contributed by atoms with Crippen LogP contribution in [0.4, 0.5) is 22.0 Å². The molecule has 0 aliphatic carbocycles. The molecule has 1 heterocycles. The summed E-state index contributed by atoms with van der Waals surface area (Å²) in [6, 6.07) is 6.08. The molecule has 0 unspecified atom stereocenters. The van der Waals surface area contributed by atoms with E-state index in [4.69, 9.17) is 0 Å². The second kappa shape index (κ2) is 9.91. The Morgan fingerprint density at radius 2 is 1.44 bits per heavy atom. The Bertz CT molecular complexity index is 705. The van der Waals surface area contributed by atoms with Gasteiger partial charge in [-0.15, -0.1) is 0 Å². The molecule has 2 rings (SSSR count). The van der Waals surface area contributed by atoms with E-state index in [1.165, 1.54) is 31.2 Å². The average molecular weight is 359 g/mol. The molecule has 0 fully saturated rings. The molecule has 1 aromatic carbocycles. The minimum absolute atomic E-state index is 0.111. The van der Waals surface area contributed by atoms with Gasteiger partial charge in [-0.25, -0.2) is 13.8 Å². The van der Waals surface area contributed by atoms with Gasteiger partial charge in [0.05, 0.1) is 11.3 Å². The van der Waals surface area contributed by atoms with Crippen LogP contribution < -0.4 is 0 Å². The molecule has 0 aliphatic heterocycles. The van der Waals surface area contributed by atoms with E-state index in [1.807, 2.05) is 27.7 Å². The Labute approximate surface area is 145 Å². The smallest absolute Gasteiger partial charge is 0.245 e. The van der Waals surface area contributed by atoms with E-state index >= 15 is 0 Å². The number of hydrogen-bond donors (Lipinski definition) is 0. The summed E-state index contributed by atoms with van der Waals surface area (Å²) in [4.78, 5) is 3.66. The van der Waals surface area contributed by atoms with Gasteiger partial charge in [-0.05, 0) is 42.8 Å². The maximum Gasteiger partial charge on any atom is 0.418 e. The van der Waals surface area contributed by atoms with Crippen molar-refractivity contribution in [3.63, 3.8) is 0 Å². The van der Waals surface area contributed by atoms with Crippen LogP contribution in [0.2, 0.25) is 0 Å². The molecule has 1 aromatic heterocycles. The van der Waals surface area contributed by atoms with Crippen molar-refractivity contribution >= 4 is 5.57 Å². The van der Waals surface area contributed by atoms with E-state index in [0.29, 0.717) is 11.1 Å². The van der Waals surface area contributed by atoms with Crippen LogP contribution in [0.1, 0.15) is 39.0 Å². The normalized spacial score (nSPS) is 10.2. The van der Waals surface area contributed by atoms with Crippen molar-refractivity contribution in [3.8, 4) is 11.3 Å². The number of rotatable bonds is 2. The fourth-order valence-corrected chi connectivity index (χ4v) is 1.75. The number of aromatic nitrogens is 1. The first kappa shape index (κ1) is 22.8. The fourth-order valence-electron chi connectivity index (χ4n) is 1.75. The van der Waals surface area contributed by atoms with Crippen LogP contribution in [0.5, 0.6) is 0 Å². The van der Waals surface area contributed by atoms with Crippen molar-refractivity contribution < 1.29 is 22.0 Å². The van der Waals surface area contributed by atoms with Crippen LogP contribution in [0.25, 0.3) is 16.8 Å². The zero-order chi connectivity index (χ0) is 19.8. The van der Waals surface area contributed by atoms with E-state index in [0.717, 1.165) is 6.07 Å². The molecule has 25 heavy (non-hydrogen) atoms. The summed E-state index contributed by atoms with van der Waals surface area (Å²) in [5.41, 5.74) is -1.40. The summed E-state index contributed by atoms with van der Waals surface area (Å²) in [5.74, 6) is -1.55. The standard InChI is InChI=1S/C15H10F5N.2C2H6/c1-8-7-10(3-4-11(8)16)13-6-5-12(17)14(21-13)9(2)15(18,19)20;2*1-2/h3-7H,2H2,1H3;2*1-2H3. The zero-order valence-electron chi connectivity index (χ0n) is 14.9. The number of halogens is 5. The molecule has 0 radical (unpaired) electrons. The molecule has 0 saturated carbocycles.